The average Bonchev–Trinajstić information content (AvgIpc) is 2.97. The van der Waals surface area contributed by atoms with Crippen molar-refractivity contribution in [3.05, 3.63) is 35.5 Å². The van der Waals surface area contributed by atoms with E-state index >= 15 is 0 Å². The number of carbonyl (C=O) groups is 3. The zero-order valence-corrected chi connectivity index (χ0v) is 15.0. The van der Waals surface area contributed by atoms with Crippen LogP contribution in [0.1, 0.15) is 40.0 Å². The van der Waals surface area contributed by atoms with Gasteiger partial charge in [-0.25, -0.2) is 14.5 Å². The molecule has 0 aromatic carbocycles. The number of allylic oxidation sites excluding steroid dienone is 3. The van der Waals surface area contributed by atoms with Crippen LogP contribution in [-0.4, -0.2) is 42.6 Å². The van der Waals surface area contributed by atoms with Gasteiger partial charge in [-0.2, -0.15) is 0 Å². The van der Waals surface area contributed by atoms with Gasteiger partial charge in [0.2, 0.25) is 0 Å². The van der Waals surface area contributed by atoms with E-state index in [0.29, 0.717) is 0 Å². The molecule has 0 bridgehead atoms. The summed E-state index contributed by atoms with van der Waals surface area (Å²) >= 11 is 0. The van der Waals surface area contributed by atoms with Gasteiger partial charge in [-0.05, 0) is 43.3 Å². The minimum Gasteiger partial charge on any atom is -0.458 e. The number of amides is 2. The summed E-state index contributed by atoms with van der Waals surface area (Å²) in [7, 11) is 0. The fourth-order valence-corrected chi connectivity index (χ4v) is 3.18. The zero-order valence-electron chi connectivity index (χ0n) is 15.0. The number of esters is 1. The van der Waals surface area contributed by atoms with Crippen molar-refractivity contribution in [2.24, 2.45) is 5.41 Å². The molecule has 6 nitrogen and oxygen atoms in total. The topological polar surface area (TPSA) is 72.9 Å². The molecule has 0 spiro atoms. The van der Waals surface area contributed by atoms with Gasteiger partial charge < -0.3 is 9.47 Å². The van der Waals surface area contributed by atoms with Crippen LogP contribution in [0, 0.1) is 5.41 Å². The van der Waals surface area contributed by atoms with Crippen molar-refractivity contribution in [2.45, 2.75) is 40.0 Å². The van der Waals surface area contributed by atoms with E-state index in [-0.39, 0.29) is 25.2 Å². The second-order valence-corrected chi connectivity index (χ2v) is 6.90. The van der Waals surface area contributed by atoms with Crippen LogP contribution in [0.15, 0.2) is 35.5 Å². The number of nitrogens with zero attached hydrogens (tertiary/aromatic N) is 1. The molecule has 2 rings (SSSR count). The Morgan fingerprint density at radius 1 is 1.32 bits per heavy atom. The minimum absolute atomic E-state index is 0.135. The molecule has 0 aromatic heterocycles. The number of ether oxygens (including phenoxy) is 2. The summed E-state index contributed by atoms with van der Waals surface area (Å²) in [6.07, 6.45) is 8.65. The van der Waals surface area contributed by atoms with Crippen LogP contribution in [0.25, 0.3) is 0 Å². The van der Waals surface area contributed by atoms with E-state index in [9.17, 15) is 14.4 Å². The Hall–Kier alpha value is -2.37. The number of imide groups is 1. The first-order valence-corrected chi connectivity index (χ1v) is 8.51. The highest BCUT2D eigenvalue weighted by atomic mass is 16.6. The van der Waals surface area contributed by atoms with Crippen molar-refractivity contribution < 1.29 is 23.9 Å². The van der Waals surface area contributed by atoms with Crippen LogP contribution in [0.4, 0.5) is 4.79 Å². The third-order valence-corrected chi connectivity index (χ3v) is 4.54. The first-order chi connectivity index (χ1) is 11.8. The maximum atomic E-state index is 11.7. The third kappa shape index (κ3) is 5.05. The summed E-state index contributed by atoms with van der Waals surface area (Å²) in [6, 6.07) is 0. The molecule has 136 valence electrons. The first-order valence-electron chi connectivity index (χ1n) is 8.51. The molecule has 0 unspecified atom stereocenters. The van der Waals surface area contributed by atoms with Gasteiger partial charge in [-0.15, -0.1) is 0 Å². The molecule has 2 amide bonds. The van der Waals surface area contributed by atoms with Crippen molar-refractivity contribution in [1.29, 1.82) is 0 Å². The molecule has 0 aromatic rings. The molecule has 0 saturated carbocycles. The smallest absolute Gasteiger partial charge is 0.416 e. The molecule has 1 heterocycles. The molecule has 6 heteroatoms. The molecule has 0 radical (unpaired) electrons. The highest BCUT2D eigenvalue weighted by Gasteiger charge is 2.27. The average molecular weight is 347 g/mol. The molecule has 1 aliphatic carbocycles. The van der Waals surface area contributed by atoms with E-state index in [4.69, 9.17) is 4.74 Å². The lowest BCUT2D eigenvalue weighted by atomic mass is 9.73. The molecule has 0 N–H and O–H groups in total. The number of hydrogen-bond donors (Lipinski definition) is 0. The Bertz CT molecular complexity index is 642. The van der Waals surface area contributed by atoms with Crippen LogP contribution < -0.4 is 0 Å². The highest BCUT2D eigenvalue weighted by Crippen LogP contribution is 2.40. The molecule has 2 aliphatic rings. The van der Waals surface area contributed by atoms with E-state index in [2.05, 4.69) is 25.5 Å². The highest BCUT2D eigenvalue weighted by molar-refractivity contribution is 6.02. The Morgan fingerprint density at radius 3 is 2.72 bits per heavy atom. The lowest BCUT2D eigenvalue weighted by molar-refractivity contribution is -0.137. The van der Waals surface area contributed by atoms with Gasteiger partial charge in [0.15, 0.2) is 0 Å². The monoisotopic (exact) mass is 347 g/mol. The van der Waals surface area contributed by atoms with Gasteiger partial charge >= 0.3 is 12.1 Å². The van der Waals surface area contributed by atoms with E-state index in [1.54, 1.807) is 0 Å². The van der Waals surface area contributed by atoms with Crippen LogP contribution >= 0.6 is 0 Å². The molecular weight excluding hydrogens is 322 g/mol. The fraction of sp³-hybridized carbons (Fsp3) is 0.526. The van der Waals surface area contributed by atoms with Gasteiger partial charge in [0.05, 0.1) is 6.54 Å². The molecular formula is C19H25NO5. The summed E-state index contributed by atoms with van der Waals surface area (Å²) in [5.74, 6) is -1.21. The van der Waals surface area contributed by atoms with E-state index in [1.807, 2.05) is 12.2 Å². The quantitative estimate of drug-likeness (QED) is 0.564. The minimum atomic E-state index is -0.690. The van der Waals surface area contributed by atoms with E-state index < -0.39 is 18.0 Å². The van der Waals surface area contributed by atoms with Crippen molar-refractivity contribution in [3.8, 4) is 0 Å². The number of hydrogen-bond acceptors (Lipinski definition) is 5. The van der Waals surface area contributed by atoms with Crippen LogP contribution in [0.2, 0.25) is 0 Å². The summed E-state index contributed by atoms with van der Waals surface area (Å²) in [4.78, 5) is 35.5. The van der Waals surface area contributed by atoms with Gasteiger partial charge in [0.25, 0.3) is 5.91 Å². The van der Waals surface area contributed by atoms with Crippen molar-refractivity contribution >= 4 is 18.0 Å². The predicted molar refractivity (Wildman–Crippen MR) is 92.6 cm³/mol. The van der Waals surface area contributed by atoms with Crippen molar-refractivity contribution in [3.63, 3.8) is 0 Å². The summed E-state index contributed by atoms with van der Waals surface area (Å²) in [5, 5.41) is 0. The van der Waals surface area contributed by atoms with Gasteiger partial charge in [-0.1, -0.05) is 25.5 Å². The summed E-state index contributed by atoms with van der Waals surface area (Å²) < 4.78 is 9.71. The largest absolute Gasteiger partial charge is 0.458 e. The second kappa shape index (κ2) is 8.14. The summed E-state index contributed by atoms with van der Waals surface area (Å²) in [6.45, 7) is 7.10. The predicted octanol–water partition coefficient (Wildman–Crippen LogP) is 3.15. The first kappa shape index (κ1) is 19.0. The lowest BCUT2D eigenvalue weighted by Crippen LogP contribution is -2.30. The Morgan fingerprint density at radius 2 is 2.08 bits per heavy atom. The normalized spacial score (nSPS) is 20.4. The molecule has 1 fully saturated rings. The number of carbonyl (C=O) groups excluding carboxylic acids is 3. The third-order valence-electron chi connectivity index (χ3n) is 4.54. The number of cyclic esters (lactones) is 1. The van der Waals surface area contributed by atoms with Crippen molar-refractivity contribution in [1.82, 2.24) is 4.90 Å². The maximum absolute atomic E-state index is 11.7. The number of rotatable bonds is 5. The molecule has 25 heavy (non-hydrogen) atoms. The SMILES string of the molecule is CC1=C(/C=C/COC(=O)/C=C/C(=O)N2CCOC2=O)C(C)(C)CCC1. The standard InChI is InChI=1S/C19H25NO5/c1-14-6-4-10-19(2,3)15(14)7-5-12-24-17(22)9-8-16(21)20-11-13-25-18(20)23/h5,7-9H,4,6,10-13H2,1-3H3/b7-5+,9-8+. The lowest BCUT2D eigenvalue weighted by Gasteiger charge is -2.32. The Balaban J connectivity index is 1.81. The Labute approximate surface area is 148 Å². The molecule has 1 saturated heterocycles. The molecule has 1 aliphatic heterocycles. The van der Waals surface area contributed by atoms with Gasteiger partial charge in [0.1, 0.15) is 13.2 Å². The van der Waals surface area contributed by atoms with Crippen LogP contribution in [-0.2, 0) is 19.1 Å². The molecule has 0 atom stereocenters. The van der Waals surface area contributed by atoms with Gasteiger partial charge in [-0.3, -0.25) is 4.79 Å². The van der Waals surface area contributed by atoms with Gasteiger partial charge in [0, 0.05) is 12.2 Å². The van der Waals surface area contributed by atoms with Crippen LogP contribution in [0.5, 0.6) is 0 Å². The maximum Gasteiger partial charge on any atom is 0.416 e. The fourth-order valence-electron chi connectivity index (χ4n) is 3.18. The zero-order chi connectivity index (χ0) is 18.4. The summed E-state index contributed by atoms with van der Waals surface area (Å²) in [5.41, 5.74) is 2.81. The van der Waals surface area contributed by atoms with Crippen LogP contribution in [0.3, 0.4) is 0 Å². The van der Waals surface area contributed by atoms with E-state index in [0.717, 1.165) is 29.9 Å². The van der Waals surface area contributed by atoms with Crippen molar-refractivity contribution in [2.75, 3.05) is 19.8 Å². The second-order valence-electron chi connectivity index (χ2n) is 6.90. The van der Waals surface area contributed by atoms with E-state index in [1.165, 1.54) is 17.6 Å². The Kier molecular flexibility index (Phi) is 6.17.